The summed E-state index contributed by atoms with van der Waals surface area (Å²) >= 11 is 0.690. The van der Waals surface area contributed by atoms with Crippen LogP contribution < -0.4 is 0 Å². The molecule has 1 aromatic rings. The summed E-state index contributed by atoms with van der Waals surface area (Å²) in [5.74, 6) is 0. The number of benzene rings is 1. The number of hydrogen-bond donors (Lipinski definition) is 0. The molecule has 0 atom stereocenters. The first-order chi connectivity index (χ1) is 5.43. The Hall–Kier alpha value is -0.521. The fourth-order valence-corrected chi connectivity index (χ4v) is 1.72. The molecule has 58 valence electrons. The molecule has 0 aromatic heterocycles. The molecule has 0 saturated heterocycles. The molecule has 1 aromatic carbocycles. The van der Waals surface area contributed by atoms with E-state index in [4.69, 9.17) is 0 Å². The van der Waals surface area contributed by atoms with Gasteiger partial charge in [0.2, 0.25) is 0 Å². The fraction of sp³-hybridized carbons (Fsp3) is 0.200. The summed E-state index contributed by atoms with van der Waals surface area (Å²) in [5, 5.41) is 1.29. The normalized spacial score (nSPS) is 10.6. The average molecular weight is 211 g/mol. The summed E-state index contributed by atoms with van der Waals surface area (Å²) in [7, 11) is 0. The Morgan fingerprint density at radius 1 is 1.27 bits per heavy atom. The first kappa shape index (κ1) is 8.57. The van der Waals surface area contributed by atoms with Crippen LogP contribution in [0, 0.1) is 0 Å². The van der Waals surface area contributed by atoms with Crippen molar-refractivity contribution in [3.63, 3.8) is 0 Å². The molecule has 11 heavy (non-hydrogen) atoms. The second kappa shape index (κ2) is 5.17. The molecule has 0 fully saturated rings. The first-order valence-electron chi connectivity index (χ1n) is 3.76. The van der Waals surface area contributed by atoms with E-state index >= 15 is 0 Å². The summed E-state index contributed by atoms with van der Waals surface area (Å²) in [4.78, 5) is 2.28. The Morgan fingerprint density at radius 3 is 2.64 bits per heavy atom. The van der Waals surface area contributed by atoms with Crippen molar-refractivity contribution in [2.45, 2.75) is 12.2 Å². The molecular formula is C10H12Se. The zero-order chi connectivity index (χ0) is 7.94. The molecule has 0 aliphatic heterocycles. The summed E-state index contributed by atoms with van der Waals surface area (Å²) in [6, 6.07) is 10.4. The Morgan fingerprint density at radius 2 is 2.00 bits per heavy atom. The quantitative estimate of drug-likeness (QED) is 0.674. The molecule has 0 unspecified atom stereocenters. The molecule has 0 saturated carbocycles. The number of hydrogen-bond acceptors (Lipinski definition) is 0. The van der Waals surface area contributed by atoms with Gasteiger partial charge in [-0.25, -0.2) is 0 Å². The minimum atomic E-state index is 0.690. The predicted octanol–water partition coefficient (Wildman–Crippen LogP) is 2.80. The molecule has 0 amide bonds. The molecule has 0 aliphatic rings. The van der Waals surface area contributed by atoms with Gasteiger partial charge in [-0.1, -0.05) is 0 Å². The van der Waals surface area contributed by atoms with E-state index in [1.807, 2.05) is 6.07 Å². The maximum atomic E-state index is 2.28. The molecular weight excluding hydrogens is 199 g/mol. The van der Waals surface area contributed by atoms with Gasteiger partial charge in [-0.15, -0.1) is 0 Å². The van der Waals surface area contributed by atoms with Crippen LogP contribution in [0.1, 0.15) is 12.5 Å². The van der Waals surface area contributed by atoms with Crippen LogP contribution in [0.4, 0.5) is 0 Å². The second-order valence-electron chi connectivity index (χ2n) is 2.17. The van der Waals surface area contributed by atoms with Gasteiger partial charge in [0.1, 0.15) is 0 Å². The van der Waals surface area contributed by atoms with Gasteiger partial charge in [0.25, 0.3) is 0 Å². The van der Waals surface area contributed by atoms with E-state index in [1.54, 1.807) is 0 Å². The van der Waals surface area contributed by atoms with Gasteiger partial charge in [-0.3, -0.25) is 0 Å². The molecule has 0 spiro atoms. The third-order valence-corrected chi connectivity index (χ3v) is 2.71. The van der Waals surface area contributed by atoms with E-state index < -0.39 is 0 Å². The maximum absolute atomic E-state index is 2.28. The fourth-order valence-electron chi connectivity index (χ4n) is 0.787. The Labute approximate surface area is 74.5 Å². The Balaban J connectivity index is 2.50. The van der Waals surface area contributed by atoms with Gasteiger partial charge in [0.05, 0.1) is 0 Å². The van der Waals surface area contributed by atoms with E-state index in [9.17, 15) is 0 Å². The molecule has 0 bridgehead atoms. The first-order valence-corrected chi connectivity index (χ1v) is 5.96. The van der Waals surface area contributed by atoms with Crippen molar-refractivity contribution < 1.29 is 0 Å². The van der Waals surface area contributed by atoms with Crippen LogP contribution in [-0.4, -0.2) is 15.0 Å². The molecule has 0 heterocycles. The topological polar surface area (TPSA) is 0 Å². The summed E-state index contributed by atoms with van der Waals surface area (Å²) in [6.45, 7) is 2.22. The van der Waals surface area contributed by atoms with E-state index in [0.29, 0.717) is 15.0 Å². The van der Waals surface area contributed by atoms with Crippen LogP contribution in [0.15, 0.2) is 35.3 Å². The molecule has 0 nitrogen and oxygen atoms in total. The van der Waals surface area contributed by atoms with Crippen LogP contribution >= 0.6 is 0 Å². The van der Waals surface area contributed by atoms with Gasteiger partial charge in [0, 0.05) is 0 Å². The molecule has 0 radical (unpaired) electrons. The monoisotopic (exact) mass is 212 g/mol. The van der Waals surface area contributed by atoms with Crippen molar-refractivity contribution >= 4 is 21.0 Å². The molecule has 1 rings (SSSR count). The van der Waals surface area contributed by atoms with Gasteiger partial charge in [-0.2, -0.15) is 0 Å². The van der Waals surface area contributed by atoms with Gasteiger partial charge < -0.3 is 0 Å². The standard InChI is InChI=1S/C10H12Se/c1-2-11-9-8-10-6-4-3-5-7-10/h3-9H,2H2,1H3. The van der Waals surface area contributed by atoms with Gasteiger partial charge in [0.15, 0.2) is 0 Å². The van der Waals surface area contributed by atoms with Crippen LogP contribution in [0.3, 0.4) is 0 Å². The third-order valence-electron chi connectivity index (χ3n) is 1.32. The van der Waals surface area contributed by atoms with E-state index in [1.165, 1.54) is 10.9 Å². The summed E-state index contributed by atoms with van der Waals surface area (Å²) in [6.07, 6.45) is 2.20. The molecule has 0 N–H and O–H groups in total. The van der Waals surface area contributed by atoms with Crippen molar-refractivity contribution in [1.29, 1.82) is 0 Å². The Kier molecular flexibility index (Phi) is 4.03. The summed E-state index contributed by atoms with van der Waals surface area (Å²) in [5.41, 5.74) is 1.31. The average Bonchev–Trinajstić information content (AvgIpc) is 2.07. The van der Waals surface area contributed by atoms with Crippen molar-refractivity contribution in [3.05, 3.63) is 40.9 Å². The van der Waals surface area contributed by atoms with Crippen LogP contribution in [0.5, 0.6) is 0 Å². The predicted molar refractivity (Wildman–Crippen MR) is 51.7 cm³/mol. The minimum absolute atomic E-state index is 0.690. The zero-order valence-electron chi connectivity index (χ0n) is 6.66. The van der Waals surface area contributed by atoms with Crippen molar-refractivity contribution in [2.75, 3.05) is 0 Å². The van der Waals surface area contributed by atoms with E-state index in [0.717, 1.165) is 0 Å². The summed E-state index contributed by atoms with van der Waals surface area (Å²) < 4.78 is 0. The van der Waals surface area contributed by atoms with Crippen molar-refractivity contribution in [3.8, 4) is 0 Å². The van der Waals surface area contributed by atoms with E-state index in [2.05, 4.69) is 42.2 Å². The van der Waals surface area contributed by atoms with Crippen LogP contribution in [-0.2, 0) is 0 Å². The van der Waals surface area contributed by atoms with E-state index in [-0.39, 0.29) is 0 Å². The third kappa shape index (κ3) is 3.41. The SMILES string of the molecule is CC[Se]C=Cc1ccccc1. The van der Waals surface area contributed by atoms with Crippen molar-refractivity contribution in [2.24, 2.45) is 0 Å². The number of rotatable bonds is 3. The van der Waals surface area contributed by atoms with Crippen molar-refractivity contribution in [1.82, 2.24) is 0 Å². The van der Waals surface area contributed by atoms with Gasteiger partial charge in [-0.05, 0) is 0 Å². The molecule has 1 heteroatoms. The van der Waals surface area contributed by atoms with Crippen LogP contribution in [0.2, 0.25) is 5.32 Å². The second-order valence-corrected chi connectivity index (χ2v) is 4.65. The zero-order valence-corrected chi connectivity index (χ0v) is 8.37. The van der Waals surface area contributed by atoms with Gasteiger partial charge >= 0.3 is 74.1 Å². The van der Waals surface area contributed by atoms with Crippen LogP contribution in [0.25, 0.3) is 6.08 Å². The molecule has 0 aliphatic carbocycles. The Bertz CT molecular complexity index is 214.